The average molecular weight is 388 g/mol. The van der Waals surface area contributed by atoms with Crippen molar-refractivity contribution in [2.45, 2.75) is 13.1 Å². The maximum atomic E-state index is 13.3. The summed E-state index contributed by atoms with van der Waals surface area (Å²) >= 11 is 0. The Morgan fingerprint density at radius 3 is 2.63 bits per heavy atom. The number of anilines is 1. The smallest absolute Gasteiger partial charge is 0.420 e. The molecule has 1 aromatic rings. The van der Waals surface area contributed by atoms with Crippen LogP contribution in [0.1, 0.15) is 12.5 Å². The van der Waals surface area contributed by atoms with Gasteiger partial charge in [-0.05, 0) is 25.1 Å². The Kier molecular flexibility index (Phi) is 6.32. The number of rotatable bonds is 7. The van der Waals surface area contributed by atoms with Gasteiger partial charge in [0.1, 0.15) is 11.4 Å². The number of hydrogen-bond acceptors (Lipinski definition) is 6. The molecule has 1 aliphatic heterocycles. The van der Waals surface area contributed by atoms with Gasteiger partial charge in [-0.1, -0.05) is 0 Å². The molecule has 0 atom stereocenters. The number of esters is 1. The Labute approximate surface area is 153 Å². The van der Waals surface area contributed by atoms with Gasteiger partial charge in [-0.25, -0.2) is 4.79 Å². The van der Waals surface area contributed by atoms with Crippen molar-refractivity contribution in [1.82, 2.24) is 4.90 Å². The van der Waals surface area contributed by atoms with Crippen LogP contribution in [0.5, 0.6) is 5.75 Å². The van der Waals surface area contributed by atoms with Crippen LogP contribution in [0.25, 0.3) is 0 Å². The highest BCUT2D eigenvalue weighted by Gasteiger charge is 2.37. The van der Waals surface area contributed by atoms with Crippen LogP contribution in [0.15, 0.2) is 29.5 Å². The van der Waals surface area contributed by atoms with E-state index in [2.05, 4.69) is 10.1 Å². The monoisotopic (exact) mass is 388 g/mol. The molecule has 0 aromatic heterocycles. The predicted octanol–water partition coefficient (Wildman–Crippen LogP) is 1.78. The van der Waals surface area contributed by atoms with Gasteiger partial charge in [0, 0.05) is 12.2 Å². The standard InChI is InChI=1S/C17H19F3N2O5/c1-3-27-13-5-4-10(8-12(13)17(18,19)20)21-14-11(16(25)26-2)9-22(6-7-23)15(14)24/h4-5,8,21,23H,3,6-7,9H2,1-2H3. The first-order chi connectivity index (χ1) is 12.7. The number of aliphatic hydroxyl groups is 1. The second-order valence-corrected chi connectivity index (χ2v) is 5.56. The Morgan fingerprint density at radius 1 is 1.37 bits per heavy atom. The first-order valence-corrected chi connectivity index (χ1v) is 8.05. The van der Waals surface area contributed by atoms with E-state index < -0.39 is 23.6 Å². The lowest BCUT2D eigenvalue weighted by Gasteiger charge is -2.17. The number of hydrogen-bond donors (Lipinski definition) is 2. The van der Waals surface area contributed by atoms with Gasteiger partial charge in [-0.2, -0.15) is 13.2 Å². The van der Waals surface area contributed by atoms with Gasteiger partial charge in [0.15, 0.2) is 0 Å². The van der Waals surface area contributed by atoms with E-state index in [9.17, 15) is 22.8 Å². The summed E-state index contributed by atoms with van der Waals surface area (Å²) in [6, 6.07) is 3.25. The second-order valence-electron chi connectivity index (χ2n) is 5.56. The highest BCUT2D eigenvalue weighted by molar-refractivity contribution is 6.08. The minimum atomic E-state index is -4.66. The minimum Gasteiger partial charge on any atom is -0.493 e. The summed E-state index contributed by atoms with van der Waals surface area (Å²) < 4.78 is 49.4. The molecule has 0 aliphatic carbocycles. The SMILES string of the molecule is CCOc1ccc(NC2=C(C(=O)OC)CN(CCO)C2=O)cc1C(F)(F)F. The van der Waals surface area contributed by atoms with E-state index in [0.29, 0.717) is 0 Å². The number of benzene rings is 1. The Morgan fingerprint density at radius 2 is 2.07 bits per heavy atom. The third-order valence-electron chi connectivity index (χ3n) is 3.81. The molecule has 7 nitrogen and oxygen atoms in total. The molecular weight excluding hydrogens is 369 g/mol. The van der Waals surface area contributed by atoms with E-state index in [1.807, 2.05) is 0 Å². The molecule has 27 heavy (non-hydrogen) atoms. The zero-order chi connectivity index (χ0) is 20.2. The van der Waals surface area contributed by atoms with Crippen LogP contribution in [0, 0.1) is 0 Å². The highest BCUT2D eigenvalue weighted by Crippen LogP contribution is 2.38. The molecule has 0 bridgehead atoms. The molecule has 1 amide bonds. The molecule has 0 unspecified atom stereocenters. The number of amides is 1. The van der Waals surface area contributed by atoms with Crippen LogP contribution < -0.4 is 10.1 Å². The first kappa shape index (κ1) is 20.6. The first-order valence-electron chi connectivity index (χ1n) is 8.05. The molecule has 148 valence electrons. The summed E-state index contributed by atoms with van der Waals surface area (Å²) in [6.07, 6.45) is -4.66. The van der Waals surface area contributed by atoms with E-state index in [1.165, 1.54) is 11.0 Å². The van der Waals surface area contributed by atoms with Crippen LogP contribution in [-0.4, -0.2) is 55.3 Å². The van der Waals surface area contributed by atoms with Crippen molar-refractivity contribution < 1.29 is 37.3 Å². The molecule has 0 saturated carbocycles. The van der Waals surface area contributed by atoms with E-state index >= 15 is 0 Å². The fourth-order valence-corrected chi connectivity index (χ4v) is 2.60. The van der Waals surface area contributed by atoms with Gasteiger partial charge in [0.05, 0.1) is 38.0 Å². The number of aliphatic hydroxyl groups excluding tert-OH is 1. The van der Waals surface area contributed by atoms with Crippen LogP contribution in [0.3, 0.4) is 0 Å². The third kappa shape index (κ3) is 4.51. The Bertz CT molecular complexity index is 761. The molecule has 10 heteroatoms. The van der Waals surface area contributed by atoms with Crippen LogP contribution in [-0.2, 0) is 20.5 Å². The quantitative estimate of drug-likeness (QED) is 0.693. The van der Waals surface area contributed by atoms with Crippen LogP contribution in [0.4, 0.5) is 18.9 Å². The summed E-state index contributed by atoms with van der Waals surface area (Å²) in [5, 5.41) is 11.6. The maximum absolute atomic E-state index is 13.3. The van der Waals surface area contributed by atoms with Crippen molar-refractivity contribution in [2.24, 2.45) is 0 Å². The maximum Gasteiger partial charge on any atom is 0.420 e. The van der Waals surface area contributed by atoms with Gasteiger partial charge < -0.3 is 24.8 Å². The van der Waals surface area contributed by atoms with Crippen molar-refractivity contribution in [3.8, 4) is 5.75 Å². The summed E-state index contributed by atoms with van der Waals surface area (Å²) in [5.74, 6) is -1.74. The molecule has 1 aromatic carbocycles. The fourth-order valence-electron chi connectivity index (χ4n) is 2.60. The number of halogens is 3. The number of β-amino-alcohol motifs (C(OH)–C–C–N with tert-alkyl or cyclic N) is 1. The minimum absolute atomic E-state index is 0.0262. The lowest BCUT2D eigenvalue weighted by atomic mass is 10.1. The lowest BCUT2D eigenvalue weighted by molar-refractivity contribution is -0.139. The second kappa shape index (κ2) is 8.30. The van der Waals surface area contributed by atoms with Gasteiger partial charge in [0.2, 0.25) is 0 Å². The molecule has 2 rings (SSSR count). The van der Waals surface area contributed by atoms with E-state index in [-0.39, 0.29) is 49.0 Å². The molecule has 1 aliphatic rings. The largest absolute Gasteiger partial charge is 0.493 e. The van der Waals surface area contributed by atoms with Gasteiger partial charge >= 0.3 is 12.1 Å². The molecule has 0 radical (unpaired) electrons. The Balaban J connectivity index is 2.40. The number of carbonyl (C=O) groups excluding carboxylic acids is 2. The number of carbonyl (C=O) groups is 2. The van der Waals surface area contributed by atoms with Crippen molar-refractivity contribution in [3.63, 3.8) is 0 Å². The van der Waals surface area contributed by atoms with E-state index in [4.69, 9.17) is 9.84 Å². The number of alkyl halides is 3. The highest BCUT2D eigenvalue weighted by atomic mass is 19.4. The predicted molar refractivity (Wildman–Crippen MR) is 88.9 cm³/mol. The average Bonchev–Trinajstić information content (AvgIpc) is 2.91. The summed E-state index contributed by atoms with van der Waals surface area (Å²) in [6.45, 7) is 1.16. The van der Waals surface area contributed by atoms with Crippen molar-refractivity contribution in [2.75, 3.05) is 38.7 Å². The Hall–Kier alpha value is -2.75. The number of nitrogens with one attached hydrogen (secondary N) is 1. The van der Waals surface area contributed by atoms with E-state index in [0.717, 1.165) is 19.2 Å². The zero-order valence-electron chi connectivity index (χ0n) is 14.7. The topological polar surface area (TPSA) is 88.1 Å². The van der Waals surface area contributed by atoms with Crippen molar-refractivity contribution in [3.05, 3.63) is 35.0 Å². The summed E-state index contributed by atoms with van der Waals surface area (Å²) in [7, 11) is 1.13. The number of ether oxygens (including phenoxy) is 2. The summed E-state index contributed by atoms with van der Waals surface area (Å²) in [5.41, 5.74) is -1.26. The molecule has 0 fully saturated rings. The van der Waals surface area contributed by atoms with Gasteiger partial charge in [-0.15, -0.1) is 0 Å². The molecule has 0 spiro atoms. The zero-order valence-corrected chi connectivity index (χ0v) is 14.7. The van der Waals surface area contributed by atoms with Crippen LogP contribution >= 0.6 is 0 Å². The van der Waals surface area contributed by atoms with Crippen molar-refractivity contribution >= 4 is 17.6 Å². The third-order valence-corrected chi connectivity index (χ3v) is 3.81. The van der Waals surface area contributed by atoms with E-state index in [1.54, 1.807) is 6.92 Å². The van der Waals surface area contributed by atoms with Crippen molar-refractivity contribution in [1.29, 1.82) is 0 Å². The fraction of sp³-hybridized carbons (Fsp3) is 0.412. The summed E-state index contributed by atoms with van der Waals surface area (Å²) in [4.78, 5) is 25.5. The number of nitrogens with zero attached hydrogens (tertiary/aromatic N) is 1. The molecule has 1 heterocycles. The van der Waals surface area contributed by atoms with Gasteiger partial charge in [-0.3, -0.25) is 4.79 Å². The lowest BCUT2D eigenvalue weighted by Crippen LogP contribution is -2.31. The van der Waals surface area contributed by atoms with Crippen LogP contribution in [0.2, 0.25) is 0 Å². The van der Waals surface area contributed by atoms with Gasteiger partial charge in [0.25, 0.3) is 5.91 Å². The normalized spacial score (nSPS) is 14.6. The molecule has 0 saturated heterocycles. The molecular formula is C17H19F3N2O5. The number of methoxy groups -OCH3 is 1. The molecule has 2 N–H and O–H groups in total.